The van der Waals surface area contributed by atoms with E-state index in [0.29, 0.717) is 31.7 Å². The highest BCUT2D eigenvalue weighted by atomic mass is 16.2. The van der Waals surface area contributed by atoms with Crippen molar-refractivity contribution in [3.05, 3.63) is 102 Å². The van der Waals surface area contributed by atoms with Gasteiger partial charge in [-0.3, -0.25) is 9.59 Å². The number of hydrogen-bond acceptors (Lipinski definition) is 4. The van der Waals surface area contributed by atoms with Crippen molar-refractivity contribution in [2.75, 3.05) is 31.1 Å². The molecule has 1 aliphatic rings. The van der Waals surface area contributed by atoms with Gasteiger partial charge in [0.1, 0.15) is 11.5 Å². The van der Waals surface area contributed by atoms with Crippen LogP contribution < -0.4 is 10.2 Å². The van der Waals surface area contributed by atoms with Gasteiger partial charge in [-0.15, -0.1) is 0 Å². The van der Waals surface area contributed by atoms with Crippen LogP contribution in [0.25, 0.3) is 6.08 Å². The molecular formula is C25H24N4O2. The average Bonchev–Trinajstić information content (AvgIpc) is 2.85. The van der Waals surface area contributed by atoms with E-state index < -0.39 is 0 Å². The number of anilines is 1. The van der Waals surface area contributed by atoms with E-state index in [1.807, 2.05) is 54.6 Å². The number of carbonyl (C=O) groups excluding carboxylic acids is 2. The van der Waals surface area contributed by atoms with Crippen LogP contribution in [0.15, 0.2) is 90.8 Å². The molecule has 0 unspecified atom stereocenters. The smallest absolute Gasteiger partial charge is 0.270 e. The first-order valence-corrected chi connectivity index (χ1v) is 10.3. The maximum atomic E-state index is 13.3. The van der Waals surface area contributed by atoms with Crippen molar-refractivity contribution >= 4 is 23.7 Å². The van der Waals surface area contributed by atoms with E-state index in [-0.39, 0.29) is 17.5 Å². The van der Waals surface area contributed by atoms with E-state index in [1.165, 1.54) is 0 Å². The summed E-state index contributed by atoms with van der Waals surface area (Å²) in [6.45, 7) is 2.49. The number of hydrogen-bond donors (Lipinski definition) is 1. The Morgan fingerprint density at radius 2 is 1.45 bits per heavy atom. The lowest BCUT2D eigenvalue weighted by Crippen LogP contribution is -2.50. The SMILES string of the molecule is O=C(N/C(=C/c1ccccc1)C(=O)N1CCN(c2ccccn2)CC1)c1ccccc1. The highest BCUT2D eigenvalue weighted by Gasteiger charge is 2.25. The summed E-state index contributed by atoms with van der Waals surface area (Å²) in [4.78, 5) is 34.4. The van der Waals surface area contributed by atoms with Crippen molar-refractivity contribution in [2.45, 2.75) is 0 Å². The highest BCUT2D eigenvalue weighted by Crippen LogP contribution is 2.15. The summed E-state index contributed by atoms with van der Waals surface area (Å²) in [6.07, 6.45) is 3.50. The third kappa shape index (κ3) is 5.17. The van der Waals surface area contributed by atoms with Gasteiger partial charge in [-0.1, -0.05) is 54.6 Å². The Labute approximate surface area is 181 Å². The lowest BCUT2D eigenvalue weighted by atomic mass is 10.1. The Morgan fingerprint density at radius 1 is 0.806 bits per heavy atom. The maximum absolute atomic E-state index is 13.3. The number of carbonyl (C=O) groups is 2. The standard InChI is InChI=1S/C25H24N4O2/c30-24(21-11-5-2-6-12-21)27-22(19-20-9-3-1-4-10-20)25(31)29-17-15-28(16-18-29)23-13-7-8-14-26-23/h1-14,19H,15-18H2,(H,27,30)/b22-19+. The zero-order chi connectivity index (χ0) is 21.5. The van der Waals surface area contributed by atoms with Gasteiger partial charge in [-0.2, -0.15) is 0 Å². The molecule has 1 saturated heterocycles. The lowest BCUT2D eigenvalue weighted by Gasteiger charge is -2.35. The number of pyridine rings is 1. The third-order valence-corrected chi connectivity index (χ3v) is 5.17. The number of nitrogens with zero attached hydrogens (tertiary/aromatic N) is 3. The molecule has 0 spiro atoms. The Morgan fingerprint density at radius 3 is 2.10 bits per heavy atom. The van der Waals surface area contributed by atoms with Crippen LogP contribution in [0.2, 0.25) is 0 Å². The lowest BCUT2D eigenvalue weighted by molar-refractivity contribution is -0.127. The van der Waals surface area contributed by atoms with Crippen LogP contribution in [0.1, 0.15) is 15.9 Å². The molecule has 31 heavy (non-hydrogen) atoms. The van der Waals surface area contributed by atoms with E-state index in [4.69, 9.17) is 0 Å². The van der Waals surface area contributed by atoms with Gasteiger partial charge in [0, 0.05) is 37.9 Å². The second-order valence-corrected chi connectivity index (χ2v) is 7.26. The molecule has 0 atom stereocenters. The topological polar surface area (TPSA) is 65.5 Å². The second kappa shape index (κ2) is 9.71. The molecule has 0 bridgehead atoms. The van der Waals surface area contributed by atoms with Crippen LogP contribution in [0.3, 0.4) is 0 Å². The first-order valence-electron chi connectivity index (χ1n) is 10.3. The van der Waals surface area contributed by atoms with Gasteiger partial charge in [0.05, 0.1) is 0 Å². The molecule has 0 saturated carbocycles. The van der Waals surface area contributed by atoms with E-state index >= 15 is 0 Å². The molecule has 1 aliphatic heterocycles. The van der Waals surface area contributed by atoms with E-state index in [9.17, 15) is 9.59 Å². The fourth-order valence-electron chi connectivity index (χ4n) is 3.50. The first-order chi connectivity index (χ1) is 15.2. The largest absolute Gasteiger partial charge is 0.353 e. The van der Waals surface area contributed by atoms with Crippen LogP contribution in [-0.2, 0) is 4.79 Å². The van der Waals surface area contributed by atoms with Crippen LogP contribution in [0, 0.1) is 0 Å². The molecule has 2 aromatic carbocycles. The molecule has 6 nitrogen and oxygen atoms in total. The summed E-state index contributed by atoms with van der Waals surface area (Å²) in [7, 11) is 0. The molecule has 1 N–H and O–H groups in total. The fourth-order valence-corrected chi connectivity index (χ4v) is 3.50. The summed E-state index contributed by atoms with van der Waals surface area (Å²) < 4.78 is 0. The van der Waals surface area contributed by atoms with Gasteiger partial charge in [0.15, 0.2) is 0 Å². The number of aromatic nitrogens is 1. The molecule has 0 aliphatic carbocycles. The molecule has 0 radical (unpaired) electrons. The van der Waals surface area contributed by atoms with Gasteiger partial charge >= 0.3 is 0 Å². The second-order valence-electron chi connectivity index (χ2n) is 7.26. The van der Waals surface area contributed by atoms with Crippen molar-refractivity contribution < 1.29 is 9.59 Å². The minimum Gasteiger partial charge on any atom is -0.353 e. The van der Waals surface area contributed by atoms with Gasteiger partial charge in [0.25, 0.3) is 11.8 Å². The molecule has 1 aromatic heterocycles. The predicted molar refractivity (Wildman–Crippen MR) is 121 cm³/mol. The zero-order valence-electron chi connectivity index (χ0n) is 17.1. The monoisotopic (exact) mass is 412 g/mol. The van der Waals surface area contributed by atoms with Crippen molar-refractivity contribution in [3.63, 3.8) is 0 Å². The molecule has 1 fully saturated rings. The van der Waals surface area contributed by atoms with E-state index in [0.717, 1.165) is 11.4 Å². The predicted octanol–water partition coefficient (Wildman–Crippen LogP) is 3.20. The zero-order valence-corrected chi connectivity index (χ0v) is 17.1. The van der Waals surface area contributed by atoms with E-state index in [2.05, 4.69) is 15.2 Å². The summed E-state index contributed by atoms with van der Waals surface area (Å²) in [5.41, 5.74) is 1.63. The molecular weight excluding hydrogens is 388 g/mol. The molecule has 4 rings (SSSR count). The van der Waals surface area contributed by atoms with Crippen LogP contribution in [0.5, 0.6) is 0 Å². The highest BCUT2D eigenvalue weighted by molar-refractivity contribution is 6.05. The van der Waals surface area contributed by atoms with Gasteiger partial charge in [-0.05, 0) is 35.9 Å². The van der Waals surface area contributed by atoms with Crippen LogP contribution >= 0.6 is 0 Å². The Balaban J connectivity index is 1.50. The summed E-state index contributed by atoms with van der Waals surface area (Å²) in [6, 6.07) is 24.2. The Bertz CT molecular complexity index is 1040. The molecule has 6 heteroatoms. The summed E-state index contributed by atoms with van der Waals surface area (Å²) in [5.74, 6) is 0.420. The summed E-state index contributed by atoms with van der Waals surface area (Å²) in [5, 5.41) is 2.83. The molecule has 2 heterocycles. The van der Waals surface area contributed by atoms with Crippen molar-refractivity contribution in [2.24, 2.45) is 0 Å². The summed E-state index contributed by atoms with van der Waals surface area (Å²) >= 11 is 0. The van der Waals surface area contributed by atoms with E-state index in [1.54, 1.807) is 41.4 Å². The third-order valence-electron chi connectivity index (χ3n) is 5.17. The number of nitrogens with one attached hydrogen (secondary N) is 1. The van der Waals surface area contributed by atoms with Gasteiger partial charge < -0.3 is 15.1 Å². The normalized spacial score (nSPS) is 14.3. The van der Waals surface area contributed by atoms with Crippen LogP contribution in [0.4, 0.5) is 5.82 Å². The number of benzene rings is 2. The molecule has 3 aromatic rings. The van der Waals surface area contributed by atoms with Gasteiger partial charge in [-0.25, -0.2) is 4.98 Å². The minimum absolute atomic E-state index is 0.186. The Kier molecular flexibility index (Phi) is 6.38. The van der Waals surface area contributed by atoms with Crippen molar-refractivity contribution in [3.8, 4) is 0 Å². The first kappa shape index (κ1) is 20.3. The minimum atomic E-state index is -0.303. The molecule has 2 amide bonds. The maximum Gasteiger partial charge on any atom is 0.270 e. The van der Waals surface area contributed by atoms with Gasteiger partial charge in [0.2, 0.25) is 0 Å². The Hall–Kier alpha value is -3.93. The number of rotatable bonds is 5. The average molecular weight is 412 g/mol. The fraction of sp³-hybridized carbons (Fsp3) is 0.160. The van der Waals surface area contributed by atoms with Crippen molar-refractivity contribution in [1.82, 2.24) is 15.2 Å². The number of piperazine rings is 1. The quantitative estimate of drug-likeness (QED) is 0.654. The van der Waals surface area contributed by atoms with Crippen molar-refractivity contribution in [1.29, 1.82) is 0 Å². The number of amides is 2. The molecule has 156 valence electrons. The van der Waals surface area contributed by atoms with Crippen LogP contribution in [-0.4, -0.2) is 47.9 Å².